The summed E-state index contributed by atoms with van der Waals surface area (Å²) in [4.78, 5) is 15.0. The van der Waals surface area contributed by atoms with E-state index < -0.39 is 9.84 Å². The summed E-state index contributed by atoms with van der Waals surface area (Å²) in [6, 6.07) is 11.5. The van der Waals surface area contributed by atoms with Crippen molar-refractivity contribution in [3.63, 3.8) is 0 Å². The number of carbonyl (C=O) groups excluding carboxylic acids is 1. The highest BCUT2D eigenvalue weighted by Gasteiger charge is 2.07. The fourth-order valence-electron chi connectivity index (χ4n) is 1.55. The van der Waals surface area contributed by atoms with Crippen molar-refractivity contribution >= 4 is 16.1 Å². The van der Waals surface area contributed by atoms with E-state index in [4.69, 9.17) is 0 Å². The zero-order valence-electron chi connectivity index (χ0n) is 9.70. The van der Waals surface area contributed by atoms with Crippen LogP contribution in [0, 0.1) is 0 Å². The molecule has 2 aromatic rings. The van der Waals surface area contributed by atoms with E-state index in [-0.39, 0.29) is 4.90 Å². The van der Waals surface area contributed by atoms with Gasteiger partial charge >= 0.3 is 0 Å². The second-order valence-corrected chi connectivity index (χ2v) is 5.88. The number of aldehydes is 1. The van der Waals surface area contributed by atoms with Crippen molar-refractivity contribution in [2.75, 3.05) is 6.26 Å². The average molecular weight is 261 g/mol. The fraction of sp³-hybridized carbons (Fsp3) is 0.0769. The number of nitrogens with zero attached hydrogens (tertiary/aromatic N) is 1. The first-order valence-corrected chi connectivity index (χ1v) is 7.12. The lowest BCUT2D eigenvalue weighted by Gasteiger charge is -2.03. The van der Waals surface area contributed by atoms with Gasteiger partial charge in [-0.05, 0) is 24.3 Å². The lowest BCUT2D eigenvalue weighted by molar-refractivity contribution is 0.111. The van der Waals surface area contributed by atoms with E-state index >= 15 is 0 Å². The van der Waals surface area contributed by atoms with Gasteiger partial charge in [-0.15, -0.1) is 0 Å². The summed E-state index contributed by atoms with van der Waals surface area (Å²) in [7, 11) is -3.19. The molecule has 0 atom stereocenters. The van der Waals surface area contributed by atoms with E-state index in [2.05, 4.69) is 4.98 Å². The summed E-state index contributed by atoms with van der Waals surface area (Å²) >= 11 is 0. The van der Waals surface area contributed by atoms with Crippen molar-refractivity contribution in [1.29, 1.82) is 0 Å². The quantitative estimate of drug-likeness (QED) is 0.792. The van der Waals surface area contributed by atoms with Crippen LogP contribution in [-0.2, 0) is 9.84 Å². The third kappa shape index (κ3) is 2.62. The van der Waals surface area contributed by atoms with Gasteiger partial charge in [0.05, 0.1) is 10.6 Å². The molecule has 0 fully saturated rings. The molecule has 0 aliphatic rings. The number of aromatic nitrogens is 1. The van der Waals surface area contributed by atoms with Crippen LogP contribution in [0.4, 0.5) is 0 Å². The molecule has 1 aromatic carbocycles. The van der Waals surface area contributed by atoms with Crippen LogP contribution >= 0.6 is 0 Å². The van der Waals surface area contributed by atoms with E-state index in [0.29, 0.717) is 17.7 Å². The van der Waals surface area contributed by atoms with Crippen molar-refractivity contribution in [1.82, 2.24) is 4.98 Å². The highest BCUT2D eigenvalue weighted by Crippen LogP contribution is 2.19. The van der Waals surface area contributed by atoms with Gasteiger partial charge in [-0.3, -0.25) is 4.79 Å². The predicted octanol–water partition coefficient (Wildman–Crippen LogP) is 1.96. The second kappa shape index (κ2) is 4.70. The largest absolute Gasteiger partial charge is 0.296 e. The summed E-state index contributed by atoms with van der Waals surface area (Å²) in [5.74, 6) is 0. The van der Waals surface area contributed by atoms with Gasteiger partial charge in [0, 0.05) is 11.8 Å². The Morgan fingerprint density at radius 2 is 1.72 bits per heavy atom. The number of pyridine rings is 1. The highest BCUT2D eigenvalue weighted by atomic mass is 32.2. The molecule has 1 heterocycles. The van der Waals surface area contributed by atoms with Crippen molar-refractivity contribution in [2.45, 2.75) is 4.90 Å². The number of sulfone groups is 1. The highest BCUT2D eigenvalue weighted by molar-refractivity contribution is 7.90. The third-order valence-electron chi connectivity index (χ3n) is 2.47. The summed E-state index contributed by atoms with van der Waals surface area (Å²) in [6.07, 6.45) is 1.83. The Morgan fingerprint density at radius 3 is 2.28 bits per heavy atom. The zero-order chi connectivity index (χ0) is 13.2. The minimum atomic E-state index is -3.19. The standard InChI is InChI=1S/C13H11NO3S/c1-18(16,17)12-7-5-10(6-8-12)13-4-2-3-11(9-15)14-13/h2-9H,1H3. The Kier molecular flexibility index (Phi) is 3.25. The predicted molar refractivity (Wildman–Crippen MR) is 68.2 cm³/mol. The van der Waals surface area contributed by atoms with Crippen LogP contribution < -0.4 is 0 Å². The Balaban J connectivity index is 2.43. The Bertz CT molecular complexity index is 676. The van der Waals surface area contributed by atoms with Crippen molar-refractivity contribution in [2.24, 2.45) is 0 Å². The molecule has 0 aliphatic carbocycles. The molecule has 0 bridgehead atoms. The van der Waals surface area contributed by atoms with Gasteiger partial charge in [-0.2, -0.15) is 0 Å². The van der Waals surface area contributed by atoms with Crippen LogP contribution in [-0.4, -0.2) is 25.9 Å². The van der Waals surface area contributed by atoms with Crippen LogP contribution in [0.3, 0.4) is 0 Å². The van der Waals surface area contributed by atoms with E-state index in [9.17, 15) is 13.2 Å². The Morgan fingerprint density at radius 1 is 1.06 bits per heavy atom. The van der Waals surface area contributed by atoms with Crippen molar-refractivity contribution in [3.05, 3.63) is 48.2 Å². The van der Waals surface area contributed by atoms with Gasteiger partial charge in [0.2, 0.25) is 0 Å². The van der Waals surface area contributed by atoms with Gasteiger partial charge in [0.15, 0.2) is 16.1 Å². The Hall–Kier alpha value is -2.01. The number of benzene rings is 1. The molecule has 5 heteroatoms. The first-order valence-electron chi connectivity index (χ1n) is 5.23. The second-order valence-electron chi connectivity index (χ2n) is 3.86. The van der Waals surface area contributed by atoms with E-state index in [1.54, 1.807) is 30.3 Å². The zero-order valence-corrected chi connectivity index (χ0v) is 10.5. The normalized spacial score (nSPS) is 11.2. The molecular formula is C13H11NO3S. The van der Waals surface area contributed by atoms with Crippen LogP contribution in [0.1, 0.15) is 10.5 Å². The topological polar surface area (TPSA) is 64.1 Å². The molecule has 0 radical (unpaired) electrons. The van der Waals surface area contributed by atoms with E-state index in [0.717, 1.165) is 11.8 Å². The number of hydrogen-bond donors (Lipinski definition) is 0. The minimum absolute atomic E-state index is 0.262. The van der Waals surface area contributed by atoms with E-state index in [1.807, 2.05) is 0 Å². The van der Waals surface area contributed by atoms with Crippen LogP contribution in [0.25, 0.3) is 11.3 Å². The lowest BCUT2D eigenvalue weighted by Crippen LogP contribution is -1.96. The molecule has 0 unspecified atom stereocenters. The molecule has 92 valence electrons. The van der Waals surface area contributed by atoms with Gasteiger partial charge in [0.1, 0.15) is 5.69 Å². The molecule has 0 amide bonds. The molecule has 0 aliphatic heterocycles. The van der Waals surface area contributed by atoms with Gasteiger partial charge < -0.3 is 0 Å². The maximum absolute atomic E-state index is 11.3. The summed E-state index contributed by atoms with van der Waals surface area (Å²) < 4.78 is 22.6. The fourth-order valence-corrected chi connectivity index (χ4v) is 2.18. The van der Waals surface area contributed by atoms with Crippen molar-refractivity contribution < 1.29 is 13.2 Å². The molecule has 4 nitrogen and oxygen atoms in total. The molecule has 0 spiro atoms. The van der Waals surface area contributed by atoms with Gasteiger partial charge in [-0.25, -0.2) is 13.4 Å². The molecule has 18 heavy (non-hydrogen) atoms. The molecule has 2 rings (SSSR count). The van der Waals surface area contributed by atoms with Crippen molar-refractivity contribution in [3.8, 4) is 11.3 Å². The molecule has 0 N–H and O–H groups in total. The molecular weight excluding hydrogens is 250 g/mol. The Labute approximate surface area is 105 Å². The summed E-state index contributed by atoms with van der Waals surface area (Å²) in [5.41, 5.74) is 1.76. The number of carbonyl (C=O) groups is 1. The monoisotopic (exact) mass is 261 g/mol. The summed E-state index contributed by atoms with van der Waals surface area (Å²) in [6.45, 7) is 0. The first kappa shape index (κ1) is 12.4. The number of rotatable bonds is 3. The van der Waals surface area contributed by atoms with Gasteiger partial charge in [-0.1, -0.05) is 18.2 Å². The minimum Gasteiger partial charge on any atom is -0.296 e. The van der Waals surface area contributed by atoms with Gasteiger partial charge in [0.25, 0.3) is 0 Å². The number of hydrogen-bond acceptors (Lipinski definition) is 4. The lowest BCUT2D eigenvalue weighted by atomic mass is 10.1. The van der Waals surface area contributed by atoms with Crippen LogP contribution in [0.5, 0.6) is 0 Å². The van der Waals surface area contributed by atoms with E-state index in [1.165, 1.54) is 12.1 Å². The van der Waals surface area contributed by atoms with Crippen LogP contribution in [0.2, 0.25) is 0 Å². The molecule has 0 saturated heterocycles. The third-order valence-corrected chi connectivity index (χ3v) is 3.60. The maximum atomic E-state index is 11.3. The smallest absolute Gasteiger partial charge is 0.175 e. The first-order chi connectivity index (χ1) is 8.50. The van der Waals surface area contributed by atoms with Crippen LogP contribution in [0.15, 0.2) is 47.4 Å². The SMILES string of the molecule is CS(=O)(=O)c1ccc(-c2cccc(C=O)n2)cc1. The average Bonchev–Trinajstić information content (AvgIpc) is 2.38. The maximum Gasteiger partial charge on any atom is 0.175 e. The summed E-state index contributed by atoms with van der Waals surface area (Å²) in [5, 5.41) is 0. The molecule has 0 saturated carbocycles. The molecule has 1 aromatic heterocycles.